The average molecular weight is 373 g/mol. The largest absolute Gasteiger partial charge is 0.459 e. The topological polar surface area (TPSA) is 59.3 Å². The Balaban J connectivity index is 1.83. The molecule has 0 fully saturated rings. The number of furan rings is 1. The highest BCUT2D eigenvalue weighted by molar-refractivity contribution is 7.91. The molecule has 0 radical (unpaired) electrons. The van der Waals surface area contributed by atoms with Crippen LogP contribution in [0, 0.1) is 5.82 Å². The van der Waals surface area contributed by atoms with Crippen LogP contribution < -0.4 is 5.32 Å². The molecule has 1 aromatic heterocycles. The third kappa shape index (κ3) is 2.83. The van der Waals surface area contributed by atoms with Crippen LogP contribution in [-0.4, -0.2) is 15.0 Å². The smallest absolute Gasteiger partial charge is 0.206 e. The second kappa shape index (κ2) is 6.52. The van der Waals surface area contributed by atoms with Crippen LogP contribution in [0.2, 0.25) is 0 Å². The van der Waals surface area contributed by atoms with Crippen LogP contribution in [0.1, 0.15) is 37.1 Å². The third-order valence-corrected chi connectivity index (χ3v) is 6.62. The second-order valence-corrected chi connectivity index (χ2v) is 8.56. The zero-order chi connectivity index (χ0) is 18.3. The lowest BCUT2D eigenvalue weighted by molar-refractivity contribution is 0.385. The highest BCUT2D eigenvalue weighted by atomic mass is 32.2. The predicted octanol–water partition coefficient (Wildman–Crippen LogP) is 4.39. The summed E-state index contributed by atoms with van der Waals surface area (Å²) in [6, 6.07) is 10.1. The number of sulfone groups is 1. The molecule has 2 heterocycles. The minimum Gasteiger partial charge on any atom is -0.459 e. The van der Waals surface area contributed by atoms with Crippen LogP contribution in [0.5, 0.6) is 0 Å². The molecule has 1 atom stereocenters. The van der Waals surface area contributed by atoms with Crippen molar-refractivity contribution in [3.8, 4) is 0 Å². The number of rotatable bonds is 4. The van der Waals surface area contributed by atoms with Crippen molar-refractivity contribution in [1.29, 1.82) is 0 Å². The maximum atomic E-state index is 13.5. The molecule has 0 spiro atoms. The van der Waals surface area contributed by atoms with E-state index in [-0.39, 0.29) is 15.8 Å². The van der Waals surface area contributed by atoms with Crippen molar-refractivity contribution < 1.29 is 17.2 Å². The normalized spacial score (nSPS) is 17.4. The zero-order valence-electron chi connectivity index (χ0n) is 14.5. The Morgan fingerprint density at radius 1 is 1.19 bits per heavy atom. The molecular formula is C20H20FNO3S. The summed E-state index contributed by atoms with van der Waals surface area (Å²) in [5.74, 6) is 0.342. The first-order chi connectivity index (χ1) is 12.5. The Bertz CT molecular complexity index is 1070. The van der Waals surface area contributed by atoms with Crippen molar-refractivity contribution in [2.75, 3.05) is 6.54 Å². The number of fused-ring (bicyclic) bond motifs is 3. The molecule has 1 unspecified atom stereocenters. The molecule has 4 nitrogen and oxygen atoms in total. The van der Waals surface area contributed by atoms with Crippen LogP contribution >= 0.6 is 0 Å². The molecule has 1 aliphatic heterocycles. The number of hydrogen-bond acceptors (Lipinski definition) is 4. The minimum atomic E-state index is -3.78. The number of halogens is 1. The van der Waals surface area contributed by atoms with Gasteiger partial charge in [0, 0.05) is 17.5 Å². The third-order valence-electron chi connectivity index (χ3n) is 4.87. The fourth-order valence-electron chi connectivity index (χ4n) is 3.61. The molecular weight excluding hydrogens is 353 g/mol. The first-order valence-corrected chi connectivity index (χ1v) is 10.3. The summed E-state index contributed by atoms with van der Waals surface area (Å²) in [6.07, 6.45) is 2.81. The summed E-state index contributed by atoms with van der Waals surface area (Å²) in [7, 11) is -3.78. The van der Waals surface area contributed by atoms with E-state index < -0.39 is 15.7 Å². The monoisotopic (exact) mass is 373 g/mol. The summed E-state index contributed by atoms with van der Waals surface area (Å²) in [5.41, 5.74) is 1.77. The Labute approximate surface area is 151 Å². The molecule has 1 N–H and O–H groups in total. The van der Waals surface area contributed by atoms with E-state index in [0.29, 0.717) is 5.58 Å². The van der Waals surface area contributed by atoms with Gasteiger partial charge < -0.3 is 9.73 Å². The first-order valence-electron chi connectivity index (χ1n) is 8.80. The molecule has 3 aromatic rings. The number of nitrogens with one attached hydrogen (secondary N) is 1. The molecule has 4 rings (SSSR count). The highest BCUT2D eigenvalue weighted by Crippen LogP contribution is 2.36. The summed E-state index contributed by atoms with van der Waals surface area (Å²) >= 11 is 0. The lowest BCUT2D eigenvalue weighted by atomic mass is 9.97. The quantitative estimate of drug-likeness (QED) is 0.737. The average Bonchev–Trinajstić information content (AvgIpc) is 3.01. The van der Waals surface area contributed by atoms with Crippen LogP contribution in [0.25, 0.3) is 11.0 Å². The van der Waals surface area contributed by atoms with Gasteiger partial charge in [0.1, 0.15) is 17.2 Å². The van der Waals surface area contributed by atoms with E-state index >= 15 is 0 Å². The van der Waals surface area contributed by atoms with E-state index in [0.717, 1.165) is 48.6 Å². The van der Waals surface area contributed by atoms with E-state index in [1.807, 2.05) is 0 Å². The summed E-state index contributed by atoms with van der Waals surface area (Å²) in [5, 5.41) is 4.29. The van der Waals surface area contributed by atoms with Gasteiger partial charge in [-0.25, -0.2) is 12.8 Å². The minimum absolute atomic E-state index is 0.0419. The lowest BCUT2D eigenvalue weighted by Gasteiger charge is -2.22. The Hall–Kier alpha value is -2.18. The van der Waals surface area contributed by atoms with Crippen LogP contribution in [-0.2, 0) is 16.3 Å². The highest BCUT2D eigenvalue weighted by Gasteiger charge is 2.27. The maximum Gasteiger partial charge on any atom is 0.206 e. The molecule has 2 aromatic carbocycles. The van der Waals surface area contributed by atoms with Crippen molar-refractivity contribution >= 4 is 20.8 Å². The van der Waals surface area contributed by atoms with Crippen molar-refractivity contribution in [1.82, 2.24) is 5.32 Å². The fraction of sp³-hybridized carbons (Fsp3) is 0.300. The Morgan fingerprint density at radius 2 is 2.00 bits per heavy atom. The number of benzene rings is 2. The predicted molar refractivity (Wildman–Crippen MR) is 97.4 cm³/mol. The Morgan fingerprint density at radius 3 is 2.77 bits per heavy atom. The van der Waals surface area contributed by atoms with Crippen molar-refractivity contribution in [2.24, 2.45) is 0 Å². The maximum absolute atomic E-state index is 13.5. The van der Waals surface area contributed by atoms with Gasteiger partial charge in [0.25, 0.3) is 0 Å². The van der Waals surface area contributed by atoms with Crippen molar-refractivity contribution in [3.05, 3.63) is 59.6 Å². The van der Waals surface area contributed by atoms with Gasteiger partial charge in [-0.05, 0) is 49.2 Å². The molecule has 0 saturated carbocycles. The van der Waals surface area contributed by atoms with Gasteiger partial charge in [-0.3, -0.25) is 0 Å². The lowest BCUT2D eigenvalue weighted by Crippen LogP contribution is -2.28. The Kier molecular flexibility index (Phi) is 4.32. The van der Waals surface area contributed by atoms with Crippen LogP contribution in [0.4, 0.5) is 4.39 Å². The van der Waals surface area contributed by atoms with Gasteiger partial charge in [0.05, 0.1) is 15.8 Å². The van der Waals surface area contributed by atoms with E-state index in [9.17, 15) is 12.8 Å². The van der Waals surface area contributed by atoms with E-state index in [2.05, 4.69) is 12.2 Å². The molecule has 0 amide bonds. The summed E-state index contributed by atoms with van der Waals surface area (Å²) in [4.78, 5) is 0.115. The molecule has 26 heavy (non-hydrogen) atoms. The van der Waals surface area contributed by atoms with Gasteiger partial charge in [0.15, 0.2) is 0 Å². The van der Waals surface area contributed by atoms with Crippen LogP contribution in [0.15, 0.2) is 56.7 Å². The summed E-state index contributed by atoms with van der Waals surface area (Å²) in [6.45, 7) is 2.97. The molecule has 6 heteroatoms. The zero-order valence-corrected chi connectivity index (χ0v) is 15.3. The summed E-state index contributed by atoms with van der Waals surface area (Å²) < 4.78 is 45.3. The molecule has 0 aliphatic carbocycles. The molecule has 0 bridgehead atoms. The first kappa shape index (κ1) is 17.2. The van der Waals surface area contributed by atoms with Gasteiger partial charge in [0.2, 0.25) is 9.84 Å². The van der Waals surface area contributed by atoms with Crippen molar-refractivity contribution in [2.45, 2.75) is 42.0 Å². The van der Waals surface area contributed by atoms with E-state index in [1.54, 1.807) is 12.1 Å². The molecule has 1 aliphatic rings. The number of hydrogen-bond donors (Lipinski definition) is 1. The van der Waals surface area contributed by atoms with Gasteiger partial charge in [-0.15, -0.1) is 0 Å². The van der Waals surface area contributed by atoms with Gasteiger partial charge in [-0.1, -0.05) is 19.4 Å². The molecule has 136 valence electrons. The van der Waals surface area contributed by atoms with Crippen molar-refractivity contribution in [3.63, 3.8) is 0 Å². The fourth-order valence-corrected chi connectivity index (χ4v) is 4.93. The molecule has 0 saturated heterocycles. The van der Waals surface area contributed by atoms with Gasteiger partial charge >= 0.3 is 0 Å². The van der Waals surface area contributed by atoms with E-state index in [4.69, 9.17) is 4.42 Å². The van der Waals surface area contributed by atoms with Crippen LogP contribution in [0.3, 0.4) is 0 Å². The van der Waals surface area contributed by atoms with E-state index in [1.165, 1.54) is 24.3 Å². The van der Waals surface area contributed by atoms with Gasteiger partial charge in [-0.2, -0.15) is 0 Å². The standard InChI is InChI=1S/C20H20FNO3S/c1-2-4-18-20-16(9-10-22-18)17-12-15(7-8-19(17)25-20)26(23,24)14-6-3-5-13(21)11-14/h3,5-8,11-12,18,22H,2,4,9-10H2,1H3. The second-order valence-electron chi connectivity index (χ2n) is 6.61. The SMILES string of the molecule is CCCC1NCCc2c1oc1ccc(S(=O)(=O)c3cccc(F)c3)cc21.